The molecule has 252 valence electrons. The SMILES string of the molecule is CC1=C\[C@@H](O)CC(=O)Cc2nc(co2)C(=O)N2CC[C@@H](SCCN3CCCC3)[C@@H]2C(=O)OC(C(C)C)[C@H](C)/C=C/C(=O)NC\C=C\1. The molecule has 1 unspecified atom stereocenters. The van der Waals surface area contributed by atoms with Gasteiger partial charge < -0.3 is 29.4 Å². The molecule has 1 aromatic heterocycles. The van der Waals surface area contributed by atoms with Gasteiger partial charge in [-0.05, 0) is 51.3 Å². The number of thioether (sulfide) groups is 1. The molecule has 3 aliphatic rings. The van der Waals surface area contributed by atoms with E-state index in [0.29, 0.717) is 13.0 Å². The number of amides is 2. The van der Waals surface area contributed by atoms with Gasteiger partial charge in [-0.15, -0.1) is 0 Å². The van der Waals surface area contributed by atoms with Crippen molar-refractivity contribution in [1.29, 1.82) is 0 Å². The number of ketones is 1. The third kappa shape index (κ3) is 10.1. The number of carbonyl (C=O) groups excluding carboxylic acids is 4. The highest BCUT2D eigenvalue weighted by molar-refractivity contribution is 8.00. The van der Waals surface area contributed by atoms with Crippen LogP contribution in [0.3, 0.4) is 0 Å². The number of fused-ring (bicyclic) bond motifs is 3. The fourth-order valence-electron chi connectivity index (χ4n) is 6.18. The molecule has 2 bridgehead atoms. The van der Waals surface area contributed by atoms with Crippen molar-refractivity contribution in [2.24, 2.45) is 11.8 Å². The lowest BCUT2D eigenvalue weighted by molar-refractivity contribution is -0.157. The van der Waals surface area contributed by atoms with Crippen LogP contribution >= 0.6 is 11.8 Å². The van der Waals surface area contributed by atoms with Crippen LogP contribution in [-0.2, 0) is 25.5 Å². The number of oxazole rings is 1. The Kier molecular flexibility index (Phi) is 13.2. The van der Waals surface area contributed by atoms with E-state index in [0.717, 1.165) is 31.0 Å². The molecular formula is C34H48N4O7S. The lowest BCUT2D eigenvalue weighted by Crippen LogP contribution is -2.47. The van der Waals surface area contributed by atoms with Crippen molar-refractivity contribution in [3.8, 4) is 0 Å². The highest BCUT2D eigenvalue weighted by atomic mass is 32.2. The normalized spacial score (nSPS) is 30.4. The second-order valence-corrected chi connectivity index (χ2v) is 14.1. The van der Waals surface area contributed by atoms with Crippen LogP contribution in [-0.4, -0.2) is 105 Å². The smallest absolute Gasteiger partial charge is 0.330 e. The minimum Gasteiger partial charge on any atom is -0.460 e. The quantitative estimate of drug-likeness (QED) is 0.453. The van der Waals surface area contributed by atoms with Crippen molar-refractivity contribution < 1.29 is 33.4 Å². The third-order valence-corrected chi connectivity index (χ3v) is 9.89. The zero-order chi connectivity index (χ0) is 33.2. The second-order valence-electron chi connectivity index (χ2n) is 12.7. The topological polar surface area (TPSA) is 142 Å². The number of cyclic esters (lactones) is 1. The zero-order valence-corrected chi connectivity index (χ0v) is 28.2. The summed E-state index contributed by atoms with van der Waals surface area (Å²) in [5.74, 6) is -0.920. The number of allylic oxidation sites excluding steroid dienone is 2. The minimum absolute atomic E-state index is 0.0193. The summed E-state index contributed by atoms with van der Waals surface area (Å²) in [7, 11) is 0. The molecule has 46 heavy (non-hydrogen) atoms. The monoisotopic (exact) mass is 656 g/mol. The molecule has 12 heteroatoms. The Morgan fingerprint density at radius 2 is 1.89 bits per heavy atom. The summed E-state index contributed by atoms with van der Waals surface area (Å²) >= 11 is 1.69. The van der Waals surface area contributed by atoms with Gasteiger partial charge in [-0.2, -0.15) is 11.8 Å². The zero-order valence-electron chi connectivity index (χ0n) is 27.4. The number of aliphatic hydroxyl groups excluding tert-OH is 1. The number of esters is 1. The fourth-order valence-corrected chi connectivity index (χ4v) is 7.56. The molecule has 2 N–H and O–H groups in total. The van der Waals surface area contributed by atoms with Gasteiger partial charge in [-0.25, -0.2) is 9.78 Å². The summed E-state index contributed by atoms with van der Waals surface area (Å²) in [5.41, 5.74) is 0.751. The number of aromatic nitrogens is 1. The highest BCUT2D eigenvalue weighted by Crippen LogP contribution is 2.33. The van der Waals surface area contributed by atoms with Crippen molar-refractivity contribution in [3.63, 3.8) is 0 Å². The van der Waals surface area contributed by atoms with E-state index in [4.69, 9.17) is 9.15 Å². The Hall–Kier alpha value is -3.22. The van der Waals surface area contributed by atoms with Gasteiger partial charge in [-0.3, -0.25) is 14.4 Å². The first kappa shape index (κ1) is 35.6. The number of Topliss-reactive ketones (excluding diaryl/α,β-unsaturated/α-hetero) is 1. The van der Waals surface area contributed by atoms with Crippen LogP contribution < -0.4 is 5.32 Å². The molecule has 0 saturated carbocycles. The first-order valence-corrected chi connectivity index (χ1v) is 17.4. The van der Waals surface area contributed by atoms with E-state index >= 15 is 0 Å². The first-order valence-electron chi connectivity index (χ1n) is 16.3. The number of hydrogen-bond donors (Lipinski definition) is 2. The van der Waals surface area contributed by atoms with E-state index in [1.807, 2.05) is 20.8 Å². The van der Waals surface area contributed by atoms with Crippen molar-refractivity contribution >= 4 is 35.3 Å². The summed E-state index contributed by atoms with van der Waals surface area (Å²) in [4.78, 5) is 61.1. The van der Waals surface area contributed by atoms with Crippen LogP contribution in [0.2, 0.25) is 0 Å². The third-order valence-electron chi connectivity index (χ3n) is 8.55. The predicted octanol–water partition coefficient (Wildman–Crippen LogP) is 3.34. The molecule has 5 atom stereocenters. The second kappa shape index (κ2) is 17.1. The largest absolute Gasteiger partial charge is 0.460 e. The number of hydrogen-bond acceptors (Lipinski definition) is 10. The van der Waals surface area contributed by atoms with E-state index in [-0.39, 0.29) is 59.7 Å². The molecule has 11 nitrogen and oxygen atoms in total. The average Bonchev–Trinajstić information content (AvgIpc) is 3.77. The fraction of sp³-hybridized carbons (Fsp3) is 0.618. The minimum atomic E-state index is -1.01. The summed E-state index contributed by atoms with van der Waals surface area (Å²) in [6.45, 7) is 11.3. The summed E-state index contributed by atoms with van der Waals surface area (Å²) < 4.78 is 11.7. The van der Waals surface area contributed by atoms with Gasteiger partial charge in [0.15, 0.2) is 5.69 Å². The van der Waals surface area contributed by atoms with Gasteiger partial charge in [0.2, 0.25) is 11.8 Å². The lowest BCUT2D eigenvalue weighted by Gasteiger charge is -2.31. The maximum atomic E-state index is 14.0. The number of ether oxygens (including phenoxy) is 1. The number of rotatable bonds is 5. The molecule has 2 saturated heterocycles. The maximum Gasteiger partial charge on any atom is 0.330 e. The number of likely N-dealkylation sites (tertiary alicyclic amines) is 1. The van der Waals surface area contributed by atoms with E-state index in [1.54, 1.807) is 43.0 Å². The molecule has 1 aromatic rings. The van der Waals surface area contributed by atoms with Crippen LogP contribution in [0.5, 0.6) is 0 Å². The van der Waals surface area contributed by atoms with Gasteiger partial charge in [0.1, 0.15) is 24.2 Å². The van der Waals surface area contributed by atoms with Gasteiger partial charge in [0.05, 0.1) is 12.5 Å². The molecule has 0 radical (unpaired) electrons. The Morgan fingerprint density at radius 3 is 2.63 bits per heavy atom. The van der Waals surface area contributed by atoms with Crippen LogP contribution in [0.15, 0.2) is 46.6 Å². The van der Waals surface area contributed by atoms with Crippen molar-refractivity contribution in [2.75, 3.05) is 38.5 Å². The first-order chi connectivity index (χ1) is 22.0. The van der Waals surface area contributed by atoms with E-state index in [2.05, 4.69) is 15.2 Å². The summed E-state index contributed by atoms with van der Waals surface area (Å²) in [6, 6.07) is -0.822. The summed E-state index contributed by atoms with van der Waals surface area (Å²) in [5, 5.41) is 13.0. The Morgan fingerprint density at radius 1 is 1.13 bits per heavy atom. The molecule has 0 spiro atoms. The number of aliphatic hydroxyl groups is 1. The average molecular weight is 657 g/mol. The van der Waals surface area contributed by atoms with Crippen molar-refractivity contribution in [3.05, 3.63) is 53.8 Å². The Labute approximate surface area is 275 Å². The molecule has 4 rings (SSSR count). The van der Waals surface area contributed by atoms with Crippen LogP contribution in [0.1, 0.15) is 69.8 Å². The van der Waals surface area contributed by atoms with Crippen molar-refractivity contribution in [2.45, 2.75) is 83.3 Å². The van der Waals surface area contributed by atoms with E-state index < -0.39 is 30.1 Å². The molecule has 0 aliphatic carbocycles. The van der Waals surface area contributed by atoms with E-state index in [1.165, 1.54) is 30.1 Å². The highest BCUT2D eigenvalue weighted by Gasteiger charge is 2.45. The Bertz CT molecular complexity index is 1320. The predicted molar refractivity (Wildman–Crippen MR) is 176 cm³/mol. The lowest BCUT2D eigenvalue weighted by atomic mass is 9.94. The number of nitrogens with zero attached hydrogens (tertiary/aromatic N) is 3. The van der Waals surface area contributed by atoms with Gasteiger partial charge in [-0.1, -0.05) is 50.6 Å². The van der Waals surface area contributed by atoms with Crippen LogP contribution in [0.4, 0.5) is 0 Å². The molecular weight excluding hydrogens is 608 g/mol. The molecule has 0 aromatic carbocycles. The Balaban J connectivity index is 1.59. The van der Waals surface area contributed by atoms with Gasteiger partial charge in [0.25, 0.3) is 5.91 Å². The molecule has 2 fully saturated rings. The molecule has 2 amide bonds. The van der Waals surface area contributed by atoms with Crippen LogP contribution in [0, 0.1) is 11.8 Å². The molecule has 4 heterocycles. The maximum absolute atomic E-state index is 14.0. The number of nitrogens with one attached hydrogen (secondary N) is 1. The van der Waals surface area contributed by atoms with Gasteiger partial charge >= 0.3 is 5.97 Å². The van der Waals surface area contributed by atoms with E-state index in [9.17, 15) is 24.3 Å². The van der Waals surface area contributed by atoms with Crippen molar-refractivity contribution in [1.82, 2.24) is 20.1 Å². The number of carbonyl (C=O) groups is 4. The van der Waals surface area contributed by atoms with Crippen LogP contribution in [0.25, 0.3) is 0 Å². The standard InChI is InChI=1S/C34H48N4O7S/c1-22(2)32-24(4)9-10-29(41)35-12-7-8-23(3)18-25(39)19-26(40)20-30-36-27(21-44-30)33(42)38-15-11-28(31(38)34(43)45-32)46-17-16-37-13-5-6-14-37/h7-10,18,21-22,24-25,28,31-32,39H,5-6,11-17,19-20H2,1-4H3,(H,35,41)/b8-7+,10-9+,23-18+/t24-,25-,28-,31-,32?/m1/s1. The molecule has 3 aliphatic heterocycles. The summed E-state index contributed by atoms with van der Waals surface area (Å²) in [6.07, 6.45) is 10.6. The van der Waals surface area contributed by atoms with Gasteiger partial charge in [0, 0.05) is 43.0 Å².